The molecular weight excluding hydrogens is 166 g/mol. The minimum absolute atomic E-state index is 0.00574. The molecule has 2 amide bonds. The van der Waals surface area contributed by atoms with Gasteiger partial charge in [-0.1, -0.05) is 6.08 Å². The molecule has 1 saturated heterocycles. The molecule has 0 spiro atoms. The van der Waals surface area contributed by atoms with Gasteiger partial charge in [-0.25, -0.2) is 4.79 Å². The quantitative estimate of drug-likeness (QED) is 0.641. The Morgan fingerprint density at radius 1 is 1.31 bits per heavy atom. The van der Waals surface area contributed by atoms with Crippen LogP contribution >= 0.6 is 0 Å². The van der Waals surface area contributed by atoms with E-state index in [4.69, 9.17) is 0 Å². The number of nitrogens with one attached hydrogen (secondary N) is 1. The van der Waals surface area contributed by atoms with Crippen LogP contribution in [0.25, 0.3) is 0 Å². The zero-order valence-corrected chi connectivity index (χ0v) is 8.29. The fourth-order valence-electron chi connectivity index (χ4n) is 1.26. The summed E-state index contributed by atoms with van der Waals surface area (Å²) in [6, 6.07) is 0.00574. The van der Waals surface area contributed by atoms with Gasteiger partial charge in [0.1, 0.15) is 0 Å². The first-order valence-corrected chi connectivity index (χ1v) is 4.59. The second kappa shape index (κ2) is 4.87. The monoisotopic (exact) mass is 183 g/mol. The smallest absolute Gasteiger partial charge is 0.321 e. The lowest BCUT2D eigenvalue weighted by molar-refractivity contribution is 0.157. The topological polar surface area (TPSA) is 35.6 Å². The van der Waals surface area contributed by atoms with Crippen LogP contribution in [0.1, 0.15) is 6.92 Å². The van der Waals surface area contributed by atoms with Crippen molar-refractivity contribution >= 4 is 6.03 Å². The van der Waals surface area contributed by atoms with Gasteiger partial charge >= 0.3 is 6.03 Å². The van der Waals surface area contributed by atoms with Gasteiger partial charge in [0.05, 0.1) is 0 Å². The molecule has 1 fully saturated rings. The van der Waals surface area contributed by atoms with Gasteiger partial charge in [-0.05, 0) is 14.0 Å². The maximum absolute atomic E-state index is 11.4. The zero-order valence-electron chi connectivity index (χ0n) is 8.29. The highest BCUT2D eigenvalue weighted by molar-refractivity contribution is 5.75. The largest absolute Gasteiger partial charge is 0.322 e. The van der Waals surface area contributed by atoms with Gasteiger partial charge in [-0.2, -0.15) is 0 Å². The standard InChI is InChI=1S/C9H17N3O/c1-3-4-10-9(13)12-7-5-11(2)6-8-12/h3-4H,5-8H2,1-2H3,(H,10,13)/b4-3+. The maximum Gasteiger partial charge on any atom is 0.321 e. The Morgan fingerprint density at radius 3 is 2.46 bits per heavy atom. The molecule has 0 radical (unpaired) electrons. The first kappa shape index (κ1) is 10.1. The van der Waals surface area contributed by atoms with Crippen LogP contribution in [-0.2, 0) is 0 Å². The predicted molar refractivity (Wildman–Crippen MR) is 52.4 cm³/mol. The maximum atomic E-state index is 11.4. The van der Waals surface area contributed by atoms with Gasteiger partial charge in [0.2, 0.25) is 0 Å². The first-order valence-electron chi connectivity index (χ1n) is 4.59. The molecule has 0 aromatic carbocycles. The Kier molecular flexibility index (Phi) is 3.76. The van der Waals surface area contributed by atoms with Gasteiger partial charge in [0.15, 0.2) is 0 Å². The molecule has 0 aliphatic carbocycles. The van der Waals surface area contributed by atoms with Crippen LogP contribution in [0.2, 0.25) is 0 Å². The molecule has 0 unspecified atom stereocenters. The van der Waals surface area contributed by atoms with Crippen molar-refractivity contribution in [2.24, 2.45) is 0 Å². The fraction of sp³-hybridized carbons (Fsp3) is 0.667. The minimum atomic E-state index is 0.00574. The molecule has 0 bridgehead atoms. The van der Waals surface area contributed by atoms with E-state index in [1.807, 2.05) is 17.9 Å². The molecule has 0 saturated carbocycles. The zero-order chi connectivity index (χ0) is 9.68. The summed E-state index contributed by atoms with van der Waals surface area (Å²) in [6.45, 7) is 5.44. The molecule has 0 atom stereocenters. The summed E-state index contributed by atoms with van der Waals surface area (Å²) in [5.74, 6) is 0. The van der Waals surface area contributed by atoms with E-state index in [2.05, 4.69) is 17.3 Å². The Morgan fingerprint density at radius 2 is 1.92 bits per heavy atom. The minimum Gasteiger partial charge on any atom is -0.322 e. The summed E-state index contributed by atoms with van der Waals surface area (Å²) < 4.78 is 0. The van der Waals surface area contributed by atoms with Crippen LogP contribution in [-0.4, -0.2) is 49.1 Å². The third-order valence-corrected chi connectivity index (χ3v) is 2.16. The number of amides is 2. The average molecular weight is 183 g/mol. The van der Waals surface area contributed by atoms with E-state index in [0.29, 0.717) is 0 Å². The third-order valence-electron chi connectivity index (χ3n) is 2.16. The average Bonchev–Trinajstić information content (AvgIpc) is 2.15. The van der Waals surface area contributed by atoms with E-state index in [0.717, 1.165) is 26.2 Å². The molecule has 4 nitrogen and oxygen atoms in total. The molecule has 1 heterocycles. The van der Waals surface area contributed by atoms with Crippen molar-refractivity contribution in [3.8, 4) is 0 Å². The van der Waals surface area contributed by atoms with Crippen LogP contribution in [0, 0.1) is 0 Å². The lowest BCUT2D eigenvalue weighted by Crippen LogP contribution is -2.49. The van der Waals surface area contributed by atoms with Gasteiger partial charge in [0, 0.05) is 32.4 Å². The normalized spacial score (nSPS) is 19.4. The number of piperazine rings is 1. The molecule has 0 aromatic heterocycles. The van der Waals surface area contributed by atoms with Crippen molar-refractivity contribution in [1.29, 1.82) is 0 Å². The van der Waals surface area contributed by atoms with Crippen molar-refractivity contribution in [2.45, 2.75) is 6.92 Å². The second-order valence-electron chi connectivity index (χ2n) is 3.24. The number of nitrogens with zero attached hydrogens (tertiary/aromatic N) is 2. The van der Waals surface area contributed by atoms with Crippen molar-refractivity contribution in [3.05, 3.63) is 12.3 Å². The van der Waals surface area contributed by atoms with Gasteiger partial charge in [0.25, 0.3) is 0 Å². The Balaban J connectivity index is 2.31. The number of carbonyl (C=O) groups is 1. The summed E-state index contributed by atoms with van der Waals surface area (Å²) in [7, 11) is 2.07. The Bertz CT molecular complexity index is 195. The van der Waals surface area contributed by atoms with Gasteiger partial charge in [-0.3, -0.25) is 0 Å². The van der Waals surface area contributed by atoms with Gasteiger partial charge in [-0.15, -0.1) is 0 Å². The lowest BCUT2D eigenvalue weighted by Gasteiger charge is -2.31. The highest BCUT2D eigenvalue weighted by atomic mass is 16.2. The van der Waals surface area contributed by atoms with E-state index >= 15 is 0 Å². The predicted octanol–water partition coefficient (Wildman–Crippen LogP) is 0.477. The number of likely N-dealkylation sites (N-methyl/N-ethyl adjacent to an activating group) is 1. The molecule has 1 rings (SSSR count). The summed E-state index contributed by atoms with van der Waals surface area (Å²) in [5.41, 5.74) is 0. The summed E-state index contributed by atoms with van der Waals surface area (Å²) in [6.07, 6.45) is 3.48. The number of allylic oxidation sites excluding steroid dienone is 1. The number of carbonyl (C=O) groups excluding carboxylic acids is 1. The highest BCUT2D eigenvalue weighted by Gasteiger charge is 2.17. The van der Waals surface area contributed by atoms with E-state index in [9.17, 15) is 4.79 Å². The molecule has 0 aromatic rings. The van der Waals surface area contributed by atoms with Crippen molar-refractivity contribution in [3.63, 3.8) is 0 Å². The van der Waals surface area contributed by atoms with Crippen LogP contribution < -0.4 is 5.32 Å². The number of hydrogen-bond acceptors (Lipinski definition) is 2. The van der Waals surface area contributed by atoms with E-state index in [1.165, 1.54) is 0 Å². The molecule has 1 aliphatic rings. The van der Waals surface area contributed by atoms with E-state index < -0.39 is 0 Å². The van der Waals surface area contributed by atoms with Crippen molar-refractivity contribution in [1.82, 2.24) is 15.1 Å². The van der Waals surface area contributed by atoms with Crippen molar-refractivity contribution in [2.75, 3.05) is 33.2 Å². The summed E-state index contributed by atoms with van der Waals surface area (Å²) in [4.78, 5) is 15.5. The van der Waals surface area contributed by atoms with E-state index in [1.54, 1.807) is 6.20 Å². The van der Waals surface area contributed by atoms with Crippen molar-refractivity contribution < 1.29 is 4.79 Å². The first-order chi connectivity index (χ1) is 6.24. The summed E-state index contributed by atoms with van der Waals surface area (Å²) >= 11 is 0. The lowest BCUT2D eigenvalue weighted by atomic mass is 10.3. The molecule has 4 heteroatoms. The van der Waals surface area contributed by atoms with Crippen LogP contribution in [0.15, 0.2) is 12.3 Å². The van der Waals surface area contributed by atoms with Crippen LogP contribution in [0.5, 0.6) is 0 Å². The van der Waals surface area contributed by atoms with Crippen LogP contribution in [0.3, 0.4) is 0 Å². The molecule has 13 heavy (non-hydrogen) atoms. The third kappa shape index (κ3) is 3.06. The van der Waals surface area contributed by atoms with E-state index in [-0.39, 0.29) is 6.03 Å². The van der Waals surface area contributed by atoms with Gasteiger partial charge < -0.3 is 15.1 Å². The number of urea groups is 1. The number of hydrogen-bond donors (Lipinski definition) is 1. The summed E-state index contributed by atoms with van der Waals surface area (Å²) in [5, 5.41) is 2.70. The Hall–Kier alpha value is -1.03. The Labute approximate surface area is 79.2 Å². The fourth-order valence-corrected chi connectivity index (χ4v) is 1.26. The molecular formula is C9H17N3O. The highest BCUT2D eigenvalue weighted by Crippen LogP contribution is 1.98. The number of rotatable bonds is 1. The van der Waals surface area contributed by atoms with Crippen LogP contribution in [0.4, 0.5) is 4.79 Å². The molecule has 1 aliphatic heterocycles. The second-order valence-corrected chi connectivity index (χ2v) is 3.24. The molecule has 1 N–H and O–H groups in total. The molecule has 74 valence electrons. The SMILES string of the molecule is C/C=C/NC(=O)N1CCN(C)CC1.